The third-order valence-electron chi connectivity index (χ3n) is 6.58. The van der Waals surface area contributed by atoms with Crippen LogP contribution in [0.2, 0.25) is 5.02 Å². The maximum atomic E-state index is 13.6. The van der Waals surface area contributed by atoms with Crippen LogP contribution >= 0.6 is 11.6 Å². The fraction of sp³-hybridized carbons (Fsp3) is 0.0667. The van der Waals surface area contributed by atoms with Gasteiger partial charge in [0.25, 0.3) is 17.2 Å². The van der Waals surface area contributed by atoms with Crippen LogP contribution < -0.4 is 14.9 Å². The van der Waals surface area contributed by atoms with Crippen LogP contribution in [0.15, 0.2) is 83.3 Å². The molecule has 208 valence electrons. The molecular formula is C30H24ClFN4O4S. The Morgan fingerprint density at radius 3 is 2.37 bits per heavy atom. The number of anilines is 3. The van der Waals surface area contributed by atoms with Crippen molar-refractivity contribution >= 4 is 63.0 Å². The lowest BCUT2D eigenvalue weighted by molar-refractivity contribution is 0.0964. The molecule has 0 saturated carbocycles. The van der Waals surface area contributed by atoms with E-state index in [0.29, 0.717) is 49.6 Å². The van der Waals surface area contributed by atoms with E-state index in [-0.39, 0.29) is 11.3 Å². The Hall–Kier alpha value is -4.51. The van der Waals surface area contributed by atoms with E-state index in [1.807, 2.05) is 6.07 Å². The number of nitrogens with one attached hydrogen (secondary N) is 3. The van der Waals surface area contributed by atoms with Crippen LogP contribution in [0.3, 0.4) is 0 Å². The van der Waals surface area contributed by atoms with Crippen LogP contribution in [0.25, 0.3) is 33.4 Å². The van der Waals surface area contributed by atoms with Crippen LogP contribution in [0, 0.1) is 11.2 Å². The van der Waals surface area contributed by atoms with Crippen molar-refractivity contribution in [2.24, 2.45) is 0 Å². The zero-order chi connectivity index (χ0) is 29.3. The Balaban J connectivity index is 1.75. The van der Waals surface area contributed by atoms with Gasteiger partial charge in [-0.05, 0) is 66.2 Å². The van der Waals surface area contributed by atoms with Crippen molar-refractivity contribution in [2.45, 2.75) is 0 Å². The van der Waals surface area contributed by atoms with Crippen LogP contribution in [0.4, 0.5) is 21.5 Å². The first-order valence-corrected chi connectivity index (χ1v) is 13.7. The Bertz CT molecular complexity index is 1810. The molecule has 1 atom stereocenters. The number of rotatable bonds is 8. The van der Waals surface area contributed by atoms with Gasteiger partial charge in [-0.3, -0.25) is 13.7 Å². The second-order valence-corrected chi connectivity index (χ2v) is 10.5. The SMILES string of the molecule is CNC(=O)c1c(-c2ccc(F)cc2)oc2cc(N(C)S(=O)O)c(-c3ccc(C=N)c(Nc4ccc(Cl)cc4)c3)cc12. The van der Waals surface area contributed by atoms with Gasteiger partial charge in [0.15, 0.2) is 0 Å². The summed E-state index contributed by atoms with van der Waals surface area (Å²) in [5.74, 6) is -0.607. The summed E-state index contributed by atoms with van der Waals surface area (Å²) in [4.78, 5) is 13.1. The molecule has 4 N–H and O–H groups in total. The van der Waals surface area contributed by atoms with Gasteiger partial charge in [0.05, 0.1) is 11.3 Å². The number of benzene rings is 4. The van der Waals surface area contributed by atoms with E-state index in [1.54, 1.807) is 48.5 Å². The highest BCUT2D eigenvalue weighted by Gasteiger charge is 2.25. The Morgan fingerprint density at radius 2 is 1.73 bits per heavy atom. The van der Waals surface area contributed by atoms with Crippen LogP contribution in [-0.4, -0.2) is 35.0 Å². The van der Waals surface area contributed by atoms with Crippen molar-refractivity contribution in [3.05, 3.63) is 101 Å². The number of carbonyl (C=O) groups excluding carboxylic acids is 1. The van der Waals surface area contributed by atoms with Gasteiger partial charge in [-0.1, -0.05) is 23.7 Å². The summed E-state index contributed by atoms with van der Waals surface area (Å²) >= 11 is 3.65. The molecular weight excluding hydrogens is 567 g/mol. The van der Waals surface area contributed by atoms with E-state index in [1.165, 1.54) is 48.9 Å². The number of nitrogens with zero attached hydrogens (tertiary/aromatic N) is 1. The highest BCUT2D eigenvalue weighted by molar-refractivity contribution is 7.80. The molecule has 41 heavy (non-hydrogen) atoms. The van der Waals surface area contributed by atoms with Gasteiger partial charge < -0.3 is 20.5 Å². The van der Waals surface area contributed by atoms with Crippen LogP contribution in [-0.2, 0) is 11.3 Å². The van der Waals surface area contributed by atoms with Crippen molar-refractivity contribution in [1.82, 2.24) is 5.32 Å². The molecule has 0 spiro atoms. The zero-order valence-corrected chi connectivity index (χ0v) is 23.4. The Labute approximate surface area is 242 Å². The van der Waals surface area contributed by atoms with Crippen LogP contribution in [0.5, 0.6) is 0 Å². The standard InChI is InChI=1S/C30H24ClFN4O4S/c1-34-30(37)28-24-14-23(18-3-4-19(16-33)25(13-18)35-22-11-7-20(31)8-12-22)26(36(2)41(38)39)15-27(24)40-29(28)17-5-9-21(32)10-6-17/h3-16,33,35H,1-2H3,(H,34,37)(H,38,39). The third-order valence-corrected chi connectivity index (χ3v) is 7.50. The minimum atomic E-state index is -2.37. The number of hydrogen-bond acceptors (Lipinski definition) is 5. The summed E-state index contributed by atoms with van der Waals surface area (Å²) in [6.07, 6.45) is 1.22. The molecule has 1 aromatic heterocycles. The molecule has 0 fully saturated rings. The monoisotopic (exact) mass is 590 g/mol. The lowest BCUT2D eigenvalue weighted by atomic mass is 9.97. The first-order valence-electron chi connectivity index (χ1n) is 12.3. The molecule has 4 aromatic carbocycles. The van der Waals surface area contributed by atoms with Gasteiger partial charge in [-0.25, -0.2) is 8.60 Å². The fourth-order valence-electron chi connectivity index (χ4n) is 4.51. The van der Waals surface area contributed by atoms with Crippen molar-refractivity contribution in [3.8, 4) is 22.5 Å². The molecule has 0 aliphatic carbocycles. The minimum Gasteiger partial charge on any atom is -0.455 e. The van der Waals surface area contributed by atoms with Crippen molar-refractivity contribution in [2.75, 3.05) is 23.7 Å². The summed E-state index contributed by atoms with van der Waals surface area (Å²) < 4.78 is 43.1. The summed E-state index contributed by atoms with van der Waals surface area (Å²) in [6, 6.07) is 21.3. The Morgan fingerprint density at radius 1 is 1.05 bits per heavy atom. The predicted octanol–water partition coefficient (Wildman–Crippen LogP) is 7.23. The number of furan rings is 1. The lowest BCUT2D eigenvalue weighted by Crippen LogP contribution is -2.20. The number of halogens is 2. The van der Waals surface area contributed by atoms with E-state index in [9.17, 15) is 17.9 Å². The van der Waals surface area contributed by atoms with Gasteiger partial charge in [-0.15, -0.1) is 0 Å². The summed E-state index contributed by atoms with van der Waals surface area (Å²) in [7, 11) is 2.96. The van der Waals surface area contributed by atoms with E-state index in [0.717, 1.165) is 5.69 Å². The molecule has 5 rings (SSSR count). The van der Waals surface area contributed by atoms with Gasteiger partial charge >= 0.3 is 0 Å². The zero-order valence-electron chi connectivity index (χ0n) is 21.9. The highest BCUT2D eigenvalue weighted by Crippen LogP contribution is 2.42. The lowest BCUT2D eigenvalue weighted by Gasteiger charge is -2.19. The van der Waals surface area contributed by atoms with Crippen molar-refractivity contribution in [1.29, 1.82) is 5.41 Å². The number of amides is 1. The quantitative estimate of drug-likeness (QED) is 0.112. The molecule has 0 aliphatic heterocycles. The van der Waals surface area contributed by atoms with Crippen molar-refractivity contribution < 1.29 is 22.4 Å². The molecule has 1 heterocycles. The average molecular weight is 591 g/mol. The summed E-state index contributed by atoms with van der Waals surface area (Å²) in [5.41, 5.74) is 4.56. The van der Waals surface area contributed by atoms with Crippen LogP contribution in [0.1, 0.15) is 15.9 Å². The van der Waals surface area contributed by atoms with E-state index in [4.69, 9.17) is 21.4 Å². The minimum absolute atomic E-state index is 0.236. The molecule has 0 aliphatic rings. The number of fused-ring (bicyclic) bond motifs is 1. The van der Waals surface area contributed by atoms with Gasteiger partial charge in [0, 0.05) is 64.9 Å². The summed E-state index contributed by atoms with van der Waals surface area (Å²) in [5, 5.41) is 14.9. The first kappa shape index (κ1) is 28.0. The number of hydrogen-bond donors (Lipinski definition) is 4. The molecule has 0 saturated heterocycles. The molecule has 0 bridgehead atoms. The van der Waals surface area contributed by atoms with E-state index in [2.05, 4.69) is 10.6 Å². The smallest absolute Gasteiger partial charge is 0.261 e. The highest BCUT2D eigenvalue weighted by atomic mass is 35.5. The maximum absolute atomic E-state index is 13.6. The molecule has 11 heteroatoms. The topological polar surface area (TPSA) is 119 Å². The molecule has 0 radical (unpaired) electrons. The molecule has 8 nitrogen and oxygen atoms in total. The van der Waals surface area contributed by atoms with E-state index < -0.39 is 23.0 Å². The normalized spacial score (nSPS) is 11.7. The summed E-state index contributed by atoms with van der Waals surface area (Å²) in [6.45, 7) is 0. The maximum Gasteiger partial charge on any atom is 0.261 e. The molecule has 1 unspecified atom stereocenters. The van der Waals surface area contributed by atoms with E-state index >= 15 is 0 Å². The van der Waals surface area contributed by atoms with Gasteiger partial charge in [-0.2, -0.15) is 0 Å². The third kappa shape index (κ3) is 5.58. The molecule has 5 aromatic rings. The second kappa shape index (κ2) is 11.5. The van der Waals surface area contributed by atoms with Crippen molar-refractivity contribution in [3.63, 3.8) is 0 Å². The predicted molar refractivity (Wildman–Crippen MR) is 162 cm³/mol. The number of carbonyl (C=O) groups is 1. The first-order chi connectivity index (χ1) is 19.7. The fourth-order valence-corrected chi connectivity index (χ4v) is 4.95. The van der Waals surface area contributed by atoms with Gasteiger partial charge in [0.1, 0.15) is 17.2 Å². The Kier molecular flexibility index (Phi) is 7.89. The second-order valence-electron chi connectivity index (χ2n) is 9.06. The molecule has 1 amide bonds. The largest absolute Gasteiger partial charge is 0.455 e. The average Bonchev–Trinajstić information content (AvgIpc) is 3.35. The van der Waals surface area contributed by atoms with Gasteiger partial charge in [0.2, 0.25) is 0 Å².